The zero-order valence-corrected chi connectivity index (χ0v) is 74.3. The lowest BCUT2D eigenvalue weighted by molar-refractivity contribution is -0.167. The summed E-state index contributed by atoms with van der Waals surface area (Å²) in [4.78, 5) is 143. The third kappa shape index (κ3) is 23.0. The SMILES string of the molecule is CO[C@H]1CC2CCCC(O2)C(=O)C(=O)N2CCCC[C@H]2C(=O)O[C@H](CC[C@H]2CC[C@H](OC(=O)N3CCc4nc(N5CCN(C(=O)CCOCCN6CCN(c7ncc(C(=O)N8CCc9cc(Cn%10nc(-c%11ccc%12oc(N)nc%12c%11)c%11c(N)ncnc%11%10)ccc9C8)cn7)CC6)CC5)ncc4C3)CC2)CC[C@H](C)/C=C(\C)[C@@H](O)CC(=O)[C@H](C)C[C@H](C)/C=C/C=C/C=C/1C. The van der Waals surface area contributed by atoms with Crippen LogP contribution >= 0.6 is 0 Å². The van der Waals surface area contributed by atoms with Crippen LogP contribution in [-0.2, 0) is 80.1 Å². The minimum atomic E-state index is -0.927. The highest BCUT2D eigenvalue weighted by Gasteiger charge is 2.42. The molecule has 2 bridgehead atoms. The molecule has 32 nitrogen and oxygen atoms in total. The number of nitrogens with two attached hydrogens (primary N) is 2. The highest BCUT2D eigenvalue weighted by molar-refractivity contribution is 6.38. The molecule has 127 heavy (non-hydrogen) atoms. The number of hydrogen-bond donors (Lipinski definition) is 3. The van der Waals surface area contributed by atoms with E-state index in [2.05, 4.69) is 77.7 Å². The van der Waals surface area contributed by atoms with Gasteiger partial charge in [-0.15, -0.1) is 0 Å². The summed E-state index contributed by atoms with van der Waals surface area (Å²) in [6.45, 7) is 19.3. The molecule has 7 aliphatic heterocycles. The summed E-state index contributed by atoms with van der Waals surface area (Å²) < 4.78 is 38.3. The second kappa shape index (κ2) is 42.3. The van der Waals surface area contributed by atoms with Gasteiger partial charge in [0.1, 0.15) is 53.5 Å². The third-order valence-electron chi connectivity index (χ3n) is 26.9. The number of benzene rings is 2. The van der Waals surface area contributed by atoms with Crippen molar-refractivity contribution in [2.45, 2.75) is 225 Å². The van der Waals surface area contributed by atoms with Crippen LogP contribution in [0.3, 0.4) is 0 Å². The molecule has 1 saturated carbocycles. The lowest BCUT2D eigenvalue weighted by atomic mass is 9.83. The van der Waals surface area contributed by atoms with E-state index in [1.54, 1.807) is 30.5 Å². The number of hydrogen-bond acceptors (Lipinski definition) is 27. The van der Waals surface area contributed by atoms with E-state index in [4.69, 9.17) is 54.6 Å². The van der Waals surface area contributed by atoms with Gasteiger partial charge in [-0.2, -0.15) is 10.1 Å². The van der Waals surface area contributed by atoms with Crippen molar-refractivity contribution < 1.29 is 66.8 Å². The molecular weight excluding hydrogens is 1620 g/mol. The van der Waals surface area contributed by atoms with Gasteiger partial charge >= 0.3 is 12.1 Å². The van der Waals surface area contributed by atoms with Gasteiger partial charge in [0, 0.05) is 147 Å². The Bertz CT molecular complexity index is 5180. The zero-order valence-electron chi connectivity index (χ0n) is 74.3. The van der Waals surface area contributed by atoms with Gasteiger partial charge in [0.15, 0.2) is 11.2 Å². The minimum Gasteiger partial charge on any atom is -0.461 e. The van der Waals surface area contributed by atoms with E-state index in [1.165, 1.54) is 16.8 Å². The second-order valence-electron chi connectivity index (χ2n) is 36.0. The zero-order chi connectivity index (χ0) is 88.8. The highest BCUT2D eigenvalue weighted by atomic mass is 16.6. The molecule has 32 heteroatoms. The fourth-order valence-electron chi connectivity index (χ4n) is 19.2. The Morgan fingerprint density at radius 2 is 1.45 bits per heavy atom. The first-order valence-electron chi connectivity index (χ1n) is 45.9. The molecule has 4 saturated heterocycles. The quantitative estimate of drug-likeness (QED) is 0.0330. The Kier molecular flexibility index (Phi) is 30.3. The third-order valence-corrected chi connectivity index (χ3v) is 26.9. The lowest BCUT2D eigenvalue weighted by Crippen LogP contribution is -2.54. The largest absolute Gasteiger partial charge is 0.461 e. The molecular formula is C95H124N18O14. The van der Waals surface area contributed by atoms with E-state index in [0.29, 0.717) is 225 Å². The maximum Gasteiger partial charge on any atom is 0.410 e. The van der Waals surface area contributed by atoms with Crippen LogP contribution in [0.4, 0.5) is 28.5 Å². The van der Waals surface area contributed by atoms with Crippen LogP contribution < -0.4 is 21.3 Å². The fraction of sp³-hybridized carbons (Fsp3) is 0.568. The number of aliphatic hydroxyl groups is 1. The molecule has 12 heterocycles. The van der Waals surface area contributed by atoms with Crippen molar-refractivity contribution in [3.63, 3.8) is 0 Å². The number of esters is 1. The molecule has 5 aromatic heterocycles. The van der Waals surface area contributed by atoms with Crippen molar-refractivity contribution >= 4 is 87.2 Å². The number of anilines is 4. The summed E-state index contributed by atoms with van der Waals surface area (Å²) in [6.07, 6.45) is 26.9. The van der Waals surface area contributed by atoms with Gasteiger partial charge < -0.3 is 74.1 Å². The van der Waals surface area contributed by atoms with E-state index in [9.17, 15) is 38.7 Å². The molecule has 5 fully saturated rings. The predicted molar refractivity (Wildman–Crippen MR) is 479 cm³/mol. The van der Waals surface area contributed by atoms with Crippen molar-refractivity contribution in [2.24, 2.45) is 23.7 Å². The van der Waals surface area contributed by atoms with Gasteiger partial charge in [0.05, 0.1) is 67.7 Å². The Labute approximate surface area is 742 Å². The highest BCUT2D eigenvalue weighted by Crippen LogP contribution is 2.37. The van der Waals surface area contributed by atoms with Gasteiger partial charge in [0.2, 0.25) is 23.6 Å². The Hall–Kier alpha value is -10.9. The monoisotopic (exact) mass is 1740 g/mol. The smallest absolute Gasteiger partial charge is 0.410 e. The first kappa shape index (κ1) is 90.8. The number of aromatic nitrogens is 9. The van der Waals surface area contributed by atoms with Crippen LogP contribution in [0, 0.1) is 23.7 Å². The van der Waals surface area contributed by atoms with Crippen molar-refractivity contribution in [1.29, 1.82) is 0 Å². The van der Waals surface area contributed by atoms with Gasteiger partial charge in [-0.3, -0.25) is 28.9 Å². The lowest BCUT2D eigenvalue weighted by Gasteiger charge is -2.36. The number of carbonyl (C=O) groups is 7. The van der Waals surface area contributed by atoms with E-state index >= 15 is 0 Å². The van der Waals surface area contributed by atoms with Crippen molar-refractivity contribution in [3.8, 4) is 11.3 Å². The first-order chi connectivity index (χ1) is 61.5. The Morgan fingerprint density at radius 3 is 2.25 bits per heavy atom. The molecule has 2 unspecified atom stereocenters. The molecule has 0 spiro atoms. The van der Waals surface area contributed by atoms with E-state index in [0.717, 1.165) is 97.5 Å². The van der Waals surface area contributed by atoms with Crippen LogP contribution in [-0.4, -0.2) is 257 Å². The summed E-state index contributed by atoms with van der Waals surface area (Å²) in [5.41, 5.74) is 22.6. The van der Waals surface area contributed by atoms with E-state index < -0.39 is 42.0 Å². The van der Waals surface area contributed by atoms with Gasteiger partial charge in [-0.25, -0.2) is 44.2 Å². The number of piperazine rings is 2. The number of amides is 4. The normalized spacial score (nSPS) is 26.5. The predicted octanol–water partition coefficient (Wildman–Crippen LogP) is 11.0. The van der Waals surface area contributed by atoms with Crippen molar-refractivity contribution in [1.82, 2.24) is 69.2 Å². The number of oxazole rings is 1. The average Bonchev–Trinajstić information content (AvgIpc) is 1.62. The number of Topliss-reactive ketones (excluding diaryl/α,β-unsaturated/α-hetero) is 2. The fourth-order valence-corrected chi connectivity index (χ4v) is 19.2. The first-order valence-corrected chi connectivity index (χ1v) is 45.9. The van der Waals surface area contributed by atoms with Crippen LogP contribution in [0.25, 0.3) is 33.4 Å². The van der Waals surface area contributed by atoms with E-state index in [-0.39, 0.29) is 78.7 Å². The molecule has 5 N–H and O–H groups in total. The maximum atomic E-state index is 14.5. The van der Waals surface area contributed by atoms with Crippen molar-refractivity contribution in [3.05, 3.63) is 142 Å². The number of methoxy groups -OCH3 is 1. The van der Waals surface area contributed by atoms with Crippen molar-refractivity contribution in [2.75, 3.05) is 120 Å². The molecule has 8 aliphatic rings. The summed E-state index contributed by atoms with van der Waals surface area (Å²) in [7, 11) is 1.66. The summed E-state index contributed by atoms with van der Waals surface area (Å²) in [6, 6.07) is 11.0. The molecule has 2 aromatic carbocycles. The number of allylic oxidation sites excluding steroid dienone is 6. The Balaban J connectivity index is 0.458. The number of aliphatic hydroxyl groups excluding tert-OH is 1. The average molecular weight is 1740 g/mol. The van der Waals surface area contributed by atoms with Gasteiger partial charge in [-0.1, -0.05) is 75.4 Å². The number of nitrogen functional groups attached to an aromatic ring is 2. The molecule has 0 radical (unpaired) electrons. The second-order valence-corrected chi connectivity index (χ2v) is 36.0. The standard InChI is InChI=1S/C95H124N18O14/c1-60-13-8-7-9-14-62(3)82(122-6)51-74-15-12-17-81(124-74)86(117)90(119)112-33-11-10-16-77(112)91(120)125-72(25-18-61(2)48-64(5)79(115)52-78(114)63(4)47-60)26-20-65-21-27-73(28-22-65)126-95(121)111-35-31-75-71(58-111)55-100-94(104-75)109-42-40-107(41-43-109)83(116)32-45-123-46-44-106-36-38-108(39-37-106)93-98-53-70(54-99-93)89(118)110-34-30-67-49-66(19-23-69(67)57-110)56-113-88-84(87(96)101-59-102-88)85(105-113)68-24-29-80-76(50-68)103-92(97)127-80/h7-9,13-14,19,23-24,29,48-50,53-55,59-61,63,65,72-74,77,79,81-82,115H,10-12,15-18,20-22,25-28,30-47,51-52,56-58H2,1-6H3,(H2,97,103)(H2,96,101,102)/b9-7+,13-8+,62-14+,64-48+/t60-,61+,63-,65-,72+,73-,74?,77+,79+,81?,82+/m1/s1. The van der Waals surface area contributed by atoms with Crippen LogP contribution in [0.2, 0.25) is 0 Å². The Morgan fingerprint density at radius 1 is 0.677 bits per heavy atom. The maximum absolute atomic E-state index is 14.5. The van der Waals surface area contributed by atoms with Gasteiger partial charge in [0.25, 0.3) is 17.8 Å². The van der Waals surface area contributed by atoms with Gasteiger partial charge in [-0.05, 0) is 180 Å². The van der Waals surface area contributed by atoms with Crippen LogP contribution in [0.1, 0.15) is 188 Å². The van der Waals surface area contributed by atoms with Crippen LogP contribution in [0.5, 0.6) is 0 Å². The molecule has 15 rings (SSSR count). The number of rotatable bonds is 17. The minimum absolute atomic E-state index is 0.0108. The molecule has 678 valence electrons. The number of ether oxygens (including phenoxy) is 5. The van der Waals surface area contributed by atoms with Crippen LogP contribution in [0.15, 0.2) is 113 Å². The molecule has 9 atom stereocenters. The summed E-state index contributed by atoms with van der Waals surface area (Å²) >= 11 is 0. The molecule has 4 amide bonds. The summed E-state index contributed by atoms with van der Waals surface area (Å²) in [5, 5.41) is 16.9. The number of piperidine rings is 1. The number of fused-ring (bicyclic) bond motifs is 7. The van der Waals surface area contributed by atoms with E-state index in [1.807, 2.05) is 84.0 Å². The number of cyclic esters (lactones) is 1. The number of carbonyl (C=O) groups excluding carboxylic acids is 7. The number of nitrogens with zero attached hydrogens (tertiary/aromatic N) is 16. The number of ketones is 2. The molecule has 7 aromatic rings. The molecule has 1 aliphatic carbocycles. The topological polar surface area (TPSA) is 382 Å². The summed E-state index contributed by atoms with van der Waals surface area (Å²) in [5.74, 6) is -0.207.